The van der Waals surface area contributed by atoms with Gasteiger partial charge in [-0.3, -0.25) is 9.69 Å². The van der Waals surface area contributed by atoms with Gasteiger partial charge in [0.05, 0.1) is 27.7 Å². The highest BCUT2D eigenvalue weighted by Crippen LogP contribution is 2.45. The number of ether oxygens (including phenoxy) is 1. The molecule has 154 valence electrons. The molecule has 2 heterocycles. The molecular weight excluding hydrogens is 384 g/mol. The summed E-state index contributed by atoms with van der Waals surface area (Å²) in [7, 11) is -3.24. The van der Waals surface area contributed by atoms with Crippen molar-refractivity contribution in [2.24, 2.45) is 0 Å². The molecule has 3 rings (SSSR count). The zero-order valence-corrected chi connectivity index (χ0v) is 20.4. The van der Waals surface area contributed by atoms with Crippen LogP contribution in [0.5, 0.6) is 0 Å². The first-order chi connectivity index (χ1) is 12.8. The normalized spacial score (nSPS) is 25.2. The van der Waals surface area contributed by atoms with E-state index in [1.807, 2.05) is 30.3 Å². The van der Waals surface area contributed by atoms with Crippen LogP contribution in [0.1, 0.15) is 25.5 Å². The molecule has 7 heteroatoms. The third-order valence-corrected chi connectivity index (χ3v) is 15.0. The molecule has 2 atom stereocenters. The lowest BCUT2D eigenvalue weighted by Gasteiger charge is -2.63. The Kier molecular flexibility index (Phi) is 5.07. The van der Waals surface area contributed by atoms with Crippen LogP contribution in [0.15, 0.2) is 30.3 Å². The Morgan fingerprint density at radius 3 is 2.00 bits per heavy atom. The Hall–Kier alpha value is -1.61. The molecule has 0 saturated carbocycles. The van der Waals surface area contributed by atoms with Crippen molar-refractivity contribution in [1.29, 1.82) is 0 Å². The molecule has 2 saturated heterocycles. The average molecular weight is 419 g/mol. The fraction of sp³-hybridized carbons (Fsp3) is 0.619. The quantitative estimate of drug-likeness (QED) is 0.529. The molecule has 2 amide bonds. The first-order valence-corrected chi connectivity index (χ1v) is 17.3. The minimum Gasteiger partial charge on any atom is -0.447 e. The van der Waals surface area contributed by atoms with Gasteiger partial charge in [-0.1, -0.05) is 69.6 Å². The molecular formula is C21H34N2O3Si2. The molecule has 2 aliphatic heterocycles. The predicted octanol–water partition coefficient (Wildman–Crippen LogP) is 4.29. The highest BCUT2D eigenvalue weighted by Gasteiger charge is 2.65. The fourth-order valence-electron chi connectivity index (χ4n) is 5.43. The van der Waals surface area contributed by atoms with Gasteiger partial charge in [-0.25, -0.2) is 4.79 Å². The lowest BCUT2D eigenvalue weighted by Crippen LogP contribution is -2.84. The van der Waals surface area contributed by atoms with Gasteiger partial charge in [0.15, 0.2) is 0 Å². The van der Waals surface area contributed by atoms with Crippen molar-refractivity contribution in [1.82, 2.24) is 9.80 Å². The SMILES string of the molecule is CC1(C)[C@H](N2C(=O)OC[C@@H]2c2ccccc2)C(=O)N1C([Si](C)(C)C)[Si](C)(C)C. The topological polar surface area (TPSA) is 49.9 Å². The number of cyclic esters (lactones) is 1. The van der Waals surface area contributed by atoms with Crippen molar-refractivity contribution in [2.75, 3.05) is 6.61 Å². The molecule has 0 aromatic heterocycles. The van der Waals surface area contributed by atoms with Crippen LogP contribution in [-0.4, -0.2) is 61.4 Å². The lowest BCUT2D eigenvalue weighted by atomic mass is 9.80. The Morgan fingerprint density at radius 1 is 1.00 bits per heavy atom. The van der Waals surface area contributed by atoms with Gasteiger partial charge >= 0.3 is 6.09 Å². The first-order valence-electron chi connectivity index (χ1n) is 10.1. The van der Waals surface area contributed by atoms with E-state index >= 15 is 0 Å². The lowest BCUT2D eigenvalue weighted by molar-refractivity contribution is -0.169. The van der Waals surface area contributed by atoms with E-state index in [-0.39, 0.29) is 18.0 Å². The Morgan fingerprint density at radius 2 is 1.54 bits per heavy atom. The first kappa shape index (κ1) is 21.1. The van der Waals surface area contributed by atoms with Crippen LogP contribution in [0.2, 0.25) is 39.3 Å². The highest BCUT2D eigenvalue weighted by atomic mass is 28.4. The molecule has 2 fully saturated rings. The monoisotopic (exact) mass is 418 g/mol. The number of amides is 2. The van der Waals surface area contributed by atoms with Gasteiger partial charge in [-0.15, -0.1) is 0 Å². The van der Waals surface area contributed by atoms with Gasteiger partial charge in [0.25, 0.3) is 0 Å². The predicted molar refractivity (Wildman–Crippen MR) is 118 cm³/mol. The standard InChI is InChI=1S/C21H34N2O3Si2/c1-21(2)17(18(24)23(21)20(27(3,4)5)28(6,7)8)22-16(14-26-19(22)25)15-12-10-9-11-13-15/h9-13,16-17,20H,14H2,1-8H3/t16-,17-/m1/s1. The molecule has 28 heavy (non-hydrogen) atoms. The van der Waals surface area contributed by atoms with Gasteiger partial charge in [-0.05, 0) is 19.4 Å². The molecule has 0 bridgehead atoms. The van der Waals surface area contributed by atoms with E-state index in [1.54, 1.807) is 4.90 Å². The molecule has 0 N–H and O–H groups in total. The van der Waals surface area contributed by atoms with E-state index in [9.17, 15) is 9.59 Å². The van der Waals surface area contributed by atoms with Crippen LogP contribution in [0, 0.1) is 0 Å². The molecule has 1 aromatic rings. The summed E-state index contributed by atoms with van der Waals surface area (Å²) in [6, 6.07) is 9.20. The Labute approximate surface area is 171 Å². The van der Waals surface area contributed by atoms with Crippen molar-refractivity contribution >= 4 is 28.1 Å². The molecule has 5 nitrogen and oxygen atoms in total. The van der Waals surface area contributed by atoms with E-state index in [0.717, 1.165) is 5.56 Å². The average Bonchev–Trinajstić information content (AvgIpc) is 2.92. The third kappa shape index (κ3) is 3.32. The summed E-state index contributed by atoms with van der Waals surface area (Å²) in [5.41, 5.74) is 0.612. The summed E-state index contributed by atoms with van der Waals surface area (Å²) in [4.78, 5) is 30.0. The Bertz CT molecular complexity index is 754. The van der Waals surface area contributed by atoms with Crippen molar-refractivity contribution in [2.45, 2.75) is 76.0 Å². The van der Waals surface area contributed by atoms with E-state index in [1.165, 1.54) is 0 Å². The number of nitrogens with zero attached hydrogens (tertiary/aromatic N) is 2. The van der Waals surface area contributed by atoms with Crippen LogP contribution < -0.4 is 0 Å². The zero-order chi connectivity index (χ0) is 21.1. The van der Waals surface area contributed by atoms with Crippen molar-refractivity contribution < 1.29 is 14.3 Å². The van der Waals surface area contributed by atoms with Crippen LogP contribution >= 0.6 is 0 Å². The fourth-order valence-corrected chi connectivity index (χ4v) is 18.3. The summed E-state index contributed by atoms with van der Waals surface area (Å²) < 4.78 is 5.39. The maximum absolute atomic E-state index is 13.5. The second-order valence-corrected chi connectivity index (χ2v) is 21.9. The number of benzene rings is 1. The summed E-state index contributed by atoms with van der Waals surface area (Å²) in [6.45, 7) is 18.6. The Balaban J connectivity index is 1.96. The summed E-state index contributed by atoms with van der Waals surface area (Å²) in [5, 5.41) is 0.326. The maximum Gasteiger partial charge on any atom is 0.411 e. The van der Waals surface area contributed by atoms with E-state index in [0.29, 0.717) is 11.9 Å². The van der Waals surface area contributed by atoms with Gasteiger partial charge in [0.2, 0.25) is 5.91 Å². The number of carbonyl (C=O) groups excluding carboxylic acids is 2. The van der Waals surface area contributed by atoms with Gasteiger partial charge in [0.1, 0.15) is 12.6 Å². The maximum atomic E-state index is 13.5. The molecule has 0 unspecified atom stereocenters. The van der Waals surface area contributed by atoms with Crippen molar-refractivity contribution in [3.63, 3.8) is 0 Å². The summed E-state index contributed by atoms with van der Waals surface area (Å²) in [6.07, 6.45) is -0.377. The van der Waals surface area contributed by atoms with Crippen molar-refractivity contribution in [3.8, 4) is 0 Å². The molecule has 0 aliphatic carbocycles. The molecule has 1 aromatic carbocycles. The van der Waals surface area contributed by atoms with E-state index in [2.05, 4.69) is 58.0 Å². The van der Waals surface area contributed by atoms with Crippen LogP contribution in [0.25, 0.3) is 0 Å². The number of hydrogen-bond donors (Lipinski definition) is 0. The van der Waals surface area contributed by atoms with Gasteiger partial charge in [-0.2, -0.15) is 0 Å². The van der Waals surface area contributed by atoms with Gasteiger partial charge < -0.3 is 9.64 Å². The number of hydrogen-bond acceptors (Lipinski definition) is 3. The second kappa shape index (κ2) is 6.73. The smallest absolute Gasteiger partial charge is 0.411 e. The molecule has 0 spiro atoms. The minimum absolute atomic E-state index is 0.0830. The van der Waals surface area contributed by atoms with Crippen molar-refractivity contribution in [3.05, 3.63) is 35.9 Å². The second-order valence-electron chi connectivity index (χ2n) is 10.8. The highest BCUT2D eigenvalue weighted by molar-refractivity contribution is 6.96. The zero-order valence-electron chi connectivity index (χ0n) is 18.4. The van der Waals surface area contributed by atoms with Crippen LogP contribution in [-0.2, 0) is 9.53 Å². The molecule has 0 radical (unpaired) electrons. The van der Waals surface area contributed by atoms with Gasteiger partial charge in [0, 0.05) is 5.29 Å². The summed E-state index contributed by atoms with van der Waals surface area (Å²) >= 11 is 0. The van der Waals surface area contributed by atoms with Crippen LogP contribution in [0.3, 0.4) is 0 Å². The number of likely N-dealkylation sites (tertiary alicyclic amines) is 1. The van der Waals surface area contributed by atoms with Crippen LogP contribution in [0.4, 0.5) is 4.79 Å². The number of carbonyl (C=O) groups is 2. The number of rotatable bonds is 5. The number of β-lactam (4-membered cyclic amide) rings is 1. The van der Waals surface area contributed by atoms with E-state index < -0.39 is 27.7 Å². The third-order valence-electron chi connectivity index (χ3n) is 6.03. The minimum atomic E-state index is -1.62. The van der Waals surface area contributed by atoms with E-state index in [4.69, 9.17) is 4.74 Å². The summed E-state index contributed by atoms with van der Waals surface area (Å²) in [5.74, 6) is 0.0830. The largest absolute Gasteiger partial charge is 0.447 e. The molecule has 2 aliphatic rings.